The van der Waals surface area contributed by atoms with Crippen LogP contribution >= 0.6 is 11.3 Å². The van der Waals surface area contributed by atoms with Gasteiger partial charge in [0, 0.05) is 26.2 Å². The van der Waals surface area contributed by atoms with Crippen LogP contribution in [0.3, 0.4) is 0 Å². The van der Waals surface area contributed by atoms with Gasteiger partial charge in [0.05, 0.1) is 11.4 Å². The minimum atomic E-state index is 0.830. The highest BCUT2D eigenvalue weighted by atomic mass is 32.1. The summed E-state index contributed by atoms with van der Waals surface area (Å²) < 4.78 is 15.7. The Balaban J connectivity index is 1.43. The van der Waals surface area contributed by atoms with Gasteiger partial charge in [0.1, 0.15) is 5.69 Å². The van der Waals surface area contributed by atoms with Gasteiger partial charge in [0.25, 0.3) is 0 Å². The van der Waals surface area contributed by atoms with Crippen molar-refractivity contribution >= 4 is 48.6 Å². The van der Waals surface area contributed by atoms with Crippen LogP contribution in [0, 0.1) is 13.8 Å². The average molecular weight is 484 g/mol. The molecule has 1 aromatic heterocycles. The summed E-state index contributed by atoms with van der Waals surface area (Å²) in [4.78, 5) is 2.31. The molecule has 5 aromatic carbocycles. The number of nitrogens with zero attached hydrogens (tertiary/aromatic N) is 1. The summed E-state index contributed by atoms with van der Waals surface area (Å²) in [5.41, 5.74) is 7.83. The number of benzene rings is 5. The van der Waals surface area contributed by atoms with E-state index in [0.717, 1.165) is 50.1 Å². The Morgan fingerprint density at radius 2 is 1.33 bits per heavy atom. The minimum absolute atomic E-state index is 0.830. The highest BCUT2D eigenvalue weighted by Gasteiger charge is 2.36. The predicted octanol–water partition coefficient (Wildman–Crippen LogP) is 10.0. The van der Waals surface area contributed by atoms with Crippen LogP contribution in [0.5, 0.6) is 23.0 Å². The van der Waals surface area contributed by atoms with Crippen molar-refractivity contribution in [3.05, 3.63) is 102 Å². The molecule has 6 aromatic rings. The largest absolute Gasteiger partial charge is 0.453 e. The maximum Gasteiger partial charge on any atom is 0.164 e. The lowest BCUT2D eigenvalue weighted by Crippen LogP contribution is -2.20. The van der Waals surface area contributed by atoms with Gasteiger partial charge in [-0.15, -0.1) is 11.3 Å². The summed E-state index contributed by atoms with van der Waals surface area (Å²) in [6, 6.07) is 32.3. The molecule has 8 rings (SSSR count). The maximum atomic E-state index is 6.72. The fraction of sp³-hybridized carbons (Fsp3) is 0.0625. The highest BCUT2D eigenvalue weighted by molar-refractivity contribution is 7.26. The zero-order valence-corrected chi connectivity index (χ0v) is 20.6. The first kappa shape index (κ1) is 20.0. The van der Waals surface area contributed by atoms with E-state index in [2.05, 4.69) is 110 Å². The molecule has 3 nitrogen and oxygen atoms in total. The van der Waals surface area contributed by atoms with Crippen molar-refractivity contribution < 1.29 is 9.47 Å². The number of hydrogen-bond donors (Lipinski definition) is 0. The first-order valence-corrected chi connectivity index (χ1v) is 12.9. The van der Waals surface area contributed by atoms with Crippen LogP contribution < -0.4 is 14.4 Å². The molecule has 0 radical (unpaired) electrons. The van der Waals surface area contributed by atoms with Crippen LogP contribution in [0.1, 0.15) is 11.1 Å². The topological polar surface area (TPSA) is 21.7 Å². The second kappa shape index (κ2) is 7.12. The van der Waals surface area contributed by atoms with E-state index in [1.54, 1.807) is 11.3 Å². The van der Waals surface area contributed by atoms with E-state index < -0.39 is 0 Å². The zero-order chi connectivity index (χ0) is 24.0. The van der Waals surface area contributed by atoms with Gasteiger partial charge < -0.3 is 9.47 Å². The summed E-state index contributed by atoms with van der Waals surface area (Å²) in [6.45, 7) is 4.20. The third-order valence-corrected chi connectivity index (χ3v) is 8.23. The van der Waals surface area contributed by atoms with Crippen molar-refractivity contribution in [2.45, 2.75) is 13.8 Å². The van der Waals surface area contributed by atoms with Gasteiger partial charge in [-0.25, -0.2) is 0 Å². The molecule has 3 heterocycles. The Morgan fingerprint density at radius 3 is 2.08 bits per heavy atom. The molecule has 2 aliphatic rings. The zero-order valence-electron chi connectivity index (χ0n) is 19.8. The van der Waals surface area contributed by atoms with Gasteiger partial charge >= 0.3 is 0 Å². The molecule has 0 aliphatic carbocycles. The molecular weight excluding hydrogens is 462 g/mol. The summed E-state index contributed by atoms with van der Waals surface area (Å²) >= 11 is 1.79. The van der Waals surface area contributed by atoms with Crippen molar-refractivity contribution in [2.75, 3.05) is 4.90 Å². The van der Waals surface area contributed by atoms with Crippen molar-refractivity contribution in [1.29, 1.82) is 0 Å². The molecular formula is C32H21NO2S. The van der Waals surface area contributed by atoms with E-state index in [4.69, 9.17) is 9.47 Å². The van der Waals surface area contributed by atoms with Gasteiger partial charge in [-0.2, -0.15) is 0 Å². The standard InChI is InChI=1S/C32H21NO2S/c1-18-8-12-23-25(14-18)34-27-17-29-30(32-31(27)33(23)24-13-9-19(2)15-26(24)35-32)22-11-10-21(16-28(22)36-29)20-6-4-3-5-7-20/h3-17H,1-2H3. The van der Waals surface area contributed by atoms with Crippen LogP contribution in [-0.4, -0.2) is 0 Å². The Hall–Kier alpha value is -4.28. The number of aryl methyl sites for hydroxylation is 2. The Bertz CT molecular complexity index is 1860. The second-order valence-corrected chi connectivity index (χ2v) is 10.7. The number of rotatable bonds is 1. The highest BCUT2D eigenvalue weighted by Crippen LogP contribution is 2.63. The normalized spacial score (nSPS) is 13.1. The molecule has 36 heavy (non-hydrogen) atoms. The fourth-order valence-electron chi connectivity index (χ4n) is 5.44. The molecule has 0 saturated heterocycles. The molecule has 0 saturated carbocycles. The molecule has 0 bridgehead atoms. The van der Waals surface area contributed by atoms with Crippen molar-refractivity contribution in [3.8, 4) is 34.1 Å². The van der Waals surface area contributed by atoms with Gasteiger partial charge in [-0.05, 0) is 66.4 Å². The summed E-state index contributed by atoms with van der Waals surface area (Å²) in [5.74, 6) is 3.44. The molecule has 0 fully saturated rings. The van der Waals surface area contributed by atoms with E-state index >= 15 is 0 Å². The van der Waals surface area contributed by atoms with Crippen molar-refractivity contribution in [1.82, 2.24) is 0 Å². The van der Waals surface area contributed by atoms with E-state index in [0.29, 0.717) is 0 Å². The lowest BCUT2D eigenvalue weighted by atomic mass is 10.0. The maximum absolute atomic E-state index is 6.72. The predicted molar refractivity (Wildman–Crippen MR) is 149 cm³/mol. The van der Waals surface area contributed by atoms with Crippen LogP contribution in [0.2, 0.25) is 0 Å². The van der Waals surface area contributed by atoms with E-state index in [1.165, 1.54) is 32.3 Å². The summed E-state index contributed by atoms with van der Waals surface area (Å²) in [6.07, 6.45) is 0. The molecule has 0 atom stereocenters. The van der Waals surface area contributed by atoms with Crippen LogP contribution in [0.25, 0.3) is 31.3 Å². The average Bonchev–Trinajstić information content (AvgIpc) is 3.26. The number of thiophene rings is 1. The smallest absolute Gasteiger partial charge is 0.164 e. The lowest BCUT2D eigenvalue weighted by molar-refractivity contribution is 0.450. The van der Waals surface area contributed by atoms with E-state index in [1.807, 2.05) is 0 Å². The van der Waals surface area contributed by atoms with E-state index in [9.17, 15) is 0 Å². The SMILES string of the molecule is Cc1ccc2c(c1)Oc1cc3sc4cc(-c5ccccc5)ccc4c3c3c1N2c1ccc(C)cc1O3. The third kappa shape index (κ3) is 2.73. The molecule has 0 N–H and O–H groups in total. The molecule has 0 unspecified atom stereocenters. The monoisotopic (exact) mass is 483 g/mol. The van der Waals surface area contributed by atoms with Crippen molar-refractivity contribution in [3.63, 3.8) is 0 Å². The van der Waals surface area contributed by atoms with Gasteiger partial charge in [-0.1, -0.05) is 54.6 Å². The van der Waals surface area contributed by atoms with Crippen LogP contribution in [0.15, 0.2) is 91.0 Å². The fourth-order valence-corrected chi connectivity index (χ4v) is 6.62. The summed E-state index contributed by atoms with van der Waals surface area (Å²) in [7, 11) is 0. The summed E-state index contributed by atoms with van der Waals surface area (Å²) in [5, 5.41) is 2.35. The number of anilines is 3. The van der Waals surface area contributed by atoms with Gasteiger partial charge in [0.15, 0.2) is 23.0 Å². The molecule has 4 heteroatoms. The Morgan fingerprint density at radius 1 is 0.611 bits per heavy atom. The quantitative estimate of drug-likeness (QED) is 0.232. The molecule has 172 valence electrons. The van der Waals surface area contributed by atoms with Gasteiger partial charge in [-0.3, -0.25) is 4.90 Å². The lowest BCUT2D eigenvalue weighted by Gasteiger charge is -2.38. The first-order chi connectivity index (χ1) is 17.6. The van der Waals surface area contributed by atoms with E-state index in [-0.39, 0.29) is 0 Å². The third-order valence-electron chi connectivity index (χ3n) is 7.13. The number of ether oxygens (including phenoxy) is 2. The Labute approximate surface area is 212 Å². The first-order valence-electron chi connectivity index (χ1n) is 12.1. The van der Waals surface area contributed by atoms with Gasteiger partial charge in [0.2, 0.25) is 0 Å². The van der Waals surface area contributed by atoms with Crippen LogP contribution in [0.4, 0.5) is 17.1 Å². The molecule has 0 amide bonds. The second-order valence-electron chi connectivity index (χ2n) is 9.59. The van der Waals surface area contributed by atoms with Crippen molar-refractivity contribution in [2.24, 2.45) is 0 Å². The number of fused-ring (bicyclic) bond motifs is 8. The van der Waals surface area contributed by atoms with Crippen LogP contribution in [-0.2, 0) is 0 Å². The molecule has 2 aliphatic heterocycles. The minimum Gasteiger partial charge on any atom is -0.453 e. The number of hydrogen-bond acceptors (Lipinski definition) is 4. The molecule has 0 spiro atoms. The Kier molecular flexibility index (Phi) is 3.95.